The van der Waals surface area contributed by atoms with Crippen molar-refractivity contribution in [2.75, 3.05) is 0 Å². The number of halogens is 2. The Balaban J connectivity index is 1.77. The van der Waals surface area contributed by atoms with Gasteiger partial charge in [-0.15, -0.1) is 0 Å². The molecule has 9 heteroatoms. The van der Waals surface area contributed by atoms with Gasteiger partial charge in [-0.2, -0.15) is 5.10 Å². The van der Waals surface area contributed by atoms with Gasteiger partial charge in [0.25, 0.3) is 11.5 Å². The van der Waals surface area contributed by atoms with Crippen molar-refractivity contribution in [3.05, 3.63) is 87.3 Å². The Kier molecular flexibility index (Phi) is 4.85. The summed E-state index contributed by atoms with van der Waals surface area (Å²) in [6.45, 7) is -0.0222. The van der Waals surface area contributed by atoms with E-state index in [4.69, 9.17) is 11.6 Å². The average Bonchev–Trinajstić information content (AvgIpc) is 3.11. The molecule has 1 amide bonds. The first kappa shape index (κ1) is 18.8. The zero-order valence-corrected chi connectivity index (χ0v) is 16.0. The molecule has 0 saturated heterocycles. The van der Waals surface area contributed by atoms with Crippen LogP contribution in [0.4, 0.5) is 4.39 Å². The minimum atomic E-state index is -0.563. The predicted molar refractivity (Wildman–Crippen MR) is 107 cm³/mol. The van der Waals surface area contributed by atoms with Crippen LogP contribution in [0.15, 0.2) is 59.7 Å². The summed E-state index contributed by atoms with van der Waals surface area (Å²) < 4.78 is 16.5. The molecular formula is C20H15ClFN5O2. The lowest BCUT2D eigenvalue weighted by atomic mass is 10.2. The van der Waals surface area contributed by atoms with Gasteiger partial charge < -0.3 is 9.88 Å². The number of nitrogens with zero attached hydrogens (tertiary/aromatic N) is 4. The number of hydrogen-bond acceptors (Lipinski definition) is 4. The van der Waals surface area contributed by atoms with Crippen molar-refractivity contribution in [3.8, 4) is 5.69 Å². The summed E-state index contributed by atoms with van der Waals surface area (Å²) in [6, 6.07) is 12.8. The van der Waals surface area contributed by atoms with Crippen molar-refractivity contribution in [2.45, 2.75) is 6.54 Å². The maximum atomic E-state index is 13.8. The van der Waals surface area contributed by atoms with Crippen LogP contribution in [0.2, 0.25) is 5.02 Å². The lowest BCUT2D eigenvalue weighted by Crippen LogP contribution is -2.24. The number of rotatable bonds is 4. The molecule has 0 radical (unpaired) electrons. The third-order valence-corrected chi connectivity index (χ3v) is 4.68. The number of nitrogens with one attached hydrogen (secondary N) is 1. The second kappa shape index (κ2) is 7.48. The molecule has 0 bridgehead atoms. The Morgan fingerprint density at radius 1 is 1.17 bits per heavy atom. The first-order valence-electron chi connectivity index (χ1n) is 8.67. The number of aryl methyl sites for hydroxylation is 1. The predicted octanol–water partition coefficient (Wildman–Crippen LogP) is 2.84. The molecule has 2 aromatic carbocycles. The highest BCUT2D eigenvalue weighted by Gasteiger charge is 2.22. The fraction of sp³-hybridized carbons (Fsp3) is 0.100. The van der Waals surface area contributed by atoms with E-state index in [9.17, 15) is 14.0 Å². The molecule has 4 rings (SSSR count). The first-order valence-corrected chi connectivity index (χ1v) is 9.05. The maximum absolute atomic E-state index is 13.8. The van der Waals surface area contributed by atoms with Gasteiger partial charge >= 0.3 is 0 Å². The summed E-state index contributed by atoms with van der Waals surface area (Å²) in [5.41, 5.74) is 0.834. The van der Waals surface area contributed by atoms with Crippen molar-refractivity contribution >= 4 is 28.5 Å². The van der Waals surface area contributed by atoms with Gasteiger partial charge in [-0.25, -0.2) is 14.1 Å². The summed E-state index contributed by atoms with van der Waals surface area (Å²) in [7, 11) is 1.56. The van der Waals surface area contributed by atoms with Gasteiger partial charge in [0, 0.05) is 24.2 Å². The van der Waals surface area contributed by atoms with E-state index in [1.165, 1.54) is 21.6 Å². The van der Waals surface area contributed by atoms with Crippen molar-refractivity contribution in [1.29, 1.82) is 0 Å². The summed E-state index contributed by atoms with van der Waals surface area (Å²) in [5, 5.41) is 7.48. The van der Waals surface area contributed by atoms with Crippen LogP contribution in [0.25, 0.3) is 16.7 Å². The van der Waals surface area contributed by atoms with Gasteiger partial charge in [-0.05, 0) is 30.3 Å². The van der Waals surface area contributed by atoms with Crippen LogP contribution in [0.3, 0.4) is 0 Å². The van der Waals surface area contributed by atoms with E-state index in [1.54, 1.807) is 49.5 Å². The largest absolute Gasteiger partial charge is 0.346 e. The van der Waals surface area contributed by atoms with Crippen LogP contribution < -0.4 is 10.9 Å². The third kappa shape index (κ3) is 3.50. The Bertz CT molecular complexity index is 1280. The van der Waals surface area contributed by atoms with Crippen molar-refractivity contribution in [3.63, 3.8) is 0 Å². The molecule has 2 heterocycles. The maximum Gasteiger partial charge on any atom is 0.279 e. The second-order valence-electron chi connectivity index (χ2n) is 6.37. The van der Waals surface area contributed by atoms with E-state index in [0.717, 1.165) is 0 Å². The zero-order valence-electron chi connectivity index (χ0n) is 15.3. The van der Waals surface area contributed by atoms with Crippen LogP contribution in [0.1, 0.15) is 16.1 Å². The molecule has 2 aromatic heterocycles. The average molecular weight is 412 g/mol. The molecule has 146 valence electrons. The molecule has 0 aliphatic carbocycles. The lowest BCUT2D eigenvalue weighted by molar-refractivity contribution is 0.0946. The van der Waals surface area contributed by atoms with E-state index in [-0.39, 0.29) is 28.8 Å². The highest BCUT2D eigenvalue weighted by Crippen LogP contribution is 2.19. The normalized spacial score (nSPS) is 11.0. The number of amides is 1. The fourth-order valence-electron chi connectivity index (χ4n) is 2.91. The molecule has 0 fully saturated rings. The van der Waals surface area contributed by atoms with Gasteiger partial charge in [0.05, 0.1) is 12.0 Å². The smallest absolute Gasteiger partial charge is 0.279 e. The third-order valence-electron chi connectivity index (χ3n) is 4.43. The quantitative estimate of drug-likeness (QED) is 0.560. The number of benzene rings is 2. The SMILES string of the molecule is Cn1cnc2c(C(=O)NCc3ccccc3F)nn(-c3ccc(Cl)cc3)c2c1=O. The fourth-order valence-corrected chi connectivity index (χ4v) is 3.04. The van der Waals surface area contributed by atoms with Crippen molar-refractivity contribution in [2.24, 2.45) is 7.05 Å². The molecule has 0 aliphatic heterocycles. The van der Waals surface area contributed by atoms with E-state index in [2.05, 4.69) is 15.4 Å². The number of carbonyl (C=O) groups excluding carboxylic acids is 1. The van der Waals surface area contributed by atoms with Crippen LogP contribution in [0, 0.1) is 5.82 Å². The highest BCUT2D eigenvalue weighted by atomic mass is 35.5. The molecule has 4 aromatic rings. The van der Waals surface area contributed by atoms with Gasteiger partial charge in [0.1, 0.15) is 11.3 Å². The molecule has 0 spiro atoms. The Morgan fingerprint density at radius 3 is 2.62 bits per heavy atom. The van der Waals surface area contributed by atoms with Crippen molar-refractivity contribution in [1.82, 2.24) is 24.6 Å². The molecule has 29 heavy (non-hydrogen) atoms. The van der Waals surface area contributed by atoms with Crippen LogP contribution in [0.5, 0.6) is 0 Å². The molecule has 0 aliphatic rings. The summed E-state index contributed by atoms with van der Waals surface area (Å²) in [5.74, 6) is -0.983. The van der Waals surface area contributed by atoms with Crippen LogP contribution >= 0.6 is 11.6 Å². The molecule has 0 atom stereocenters. The molecule has 0 unspecified atom stereocenters. The second-order valence-corrected chi connectivity index (χ2v) is 6.81. The molecule has 0 saturated carbocycles. The van der Waals surface area contributed by atoms with E-state index < -0.39 is 11.7 Å². The highest BCUT2D eigenvalue weighted by molar-refractivity contribution is 6.30. The van der Waals surface area contributed by atoms with Gasteiger partial charge in [-0.1, -0.05) is 29.8 Å². The van der Waals surface area contributed by atoms with Gasteiger partial charge in [0.2, 0.25) is 0 Å². The van der Waals surface area contributed by atoms with Crippen LogP contribution in [-0.4, -0.2) is 25.2 Å². The number of hydrogen-bond donors (Lipinski definition) is 1. The Labute approximate surface area is 169 Å². The van der Waals surface area contributed by atoms with E-state index in [0.29, 0.717) is 16.3 Å². The Morgan fingerprint density at radius 2 is 1.90 bits per heavy atom. The molecule has 1 N–H and O–H groups in total. The van der Waals surface area contributed by atoms with E-state index in [1.807, 2.05) is 0 Å². The molecular weight excluding hydrogens is 397 g/mol. The first-order chi connectivity index (χ1) is 14.0. The zero-order chi connectivity index (χ0) is 20.5. The number of fused-ring (bicyclic) bond motifs is 1. The minimum absolute atomic E-state index is 0.0222. The number of aromatic nitrogens is 4. The summed E-state index contributed by atoms with van der Waals surface area (Å²) in [6.07, 6.45) is 1.33. The Hall–Kier alpha value is -3.52. The van der Waals surface area contributed by atoms with E-state index >= 15 is 0 Å². The monoisotopic (exact) mass is 411 g/mol. The van der Waals surface area contributed by atoms with Crippen molar-refractivity contribution < 1.29 is 9.18 Å². The standard InChI is InChI=1S/C20H15ClFN5O2/c1-26-11-24-16-17(19(28)23-10-12-4-2-3-5-15(12)22)25-27(18(16)20(26)29)14-8-6-13(21)7-9-14/h2-9,11H,10H2,1H3,(H,23,28). The van der Waals surface area contributed by atoms with Gasteiger partial charge in [-0.3, -0.25) is 9.59 Å². The van der Waals surface area contributed by atoms with Gasteiger partial charge in [0.15, 0.2) is 11.2 Å². The number of carbonyl (C=O) groups is 1. The lowest BCUT2D eigenvalue weighted by Gasteiger charge is -2.04. The van der Waals surface area contributed by atoms with Crippen LogP contribution in [-0.2, 0) is 13.6 Å². The molecule has 7 nitrogen and oxygen atoms in total. The summed E-state index contributed by atoms with van der Waals surface area (Å²) >= 11 is 5.94. The minimum Gasteiger partial charge on any atom is -0.346 e. The topological polar surface area (TPSA) is 81.8 Å². The summed E-state index contributed by atoms with van der Waals surface area (Å²) in [4.78, 5) is 29.7.